The van der Waals surface area contributed by atoms with Crippen molar-refractivity contribution in [2.75, 3.05) is 39.1 Å². The molecule has 2 rings (SSSR count). The third-order valence-corrected chi connectivity index (χ3v) is 3.93. The lowest BCUT2D eigenvalue weighted by atomic mass is 10.2. The summed E-state index contributed by atoms with van der Waals surface area (Å²) in [7, 11) is 3.89. The SMILES string of the molecule is CCc1cccc(OCC(=O)Nc2cccc(C(=O)NCCN(C)C)c2)c1. The maximum atomic E-state index is 12.2. The summed E-state index contributed by atoms with van der Waals surface area (Å²) in [6.45, 7) is 3.30. The van der Waals surface area contributed by atoms with Crippen LogP contribution in [0.3, 0.4) is 0 Å². The summed E-state index contributed by atoms with van der Waals surface area (Å²) >= 11 is 0. The summed E-state index contributed by atoms with van der Waals surface area (Å²) in [6, 6.07) is 14.5. The van der Waals surface area contributed by atoms with E-state index in [1.54, 1.807) is 24.3 Å². The Morgan fingerprint density at radius 2 is 1.85 bits per heavy atom. The first kappa shape index (κ1) is 20.5. The molecule has 27 heavy (non-hydrogen) atoms. The van der Waals surface area contributed by atoms with Crippen LogP contribution in [-0.4, -0.2) is 50.5 Å². The van der Waals surface area contributed by atoms with Crippen molar-refractivity contribution < 1.29 is 14.3 Å². The highest BCUT2D eigenvalue weighted by molar-refractivity contribution is 5.97. The second-order valence-corrected chi connectivity index (χ2v) is 6.48. The summed E-state index contributed by atoms with van der Waals surface area (Å²) in [6.07, 6.45) is 0.910. The molecule has 0 spiro atoms. The van der Waals surface area contributed by atoms with Crippen LogP contribution in [-0.2, 0) is 11.2 Å². The summed E-state index contributed by atoms with van der Waals surface area (Å²) in [5.74, 6) is 0.223. The molecule has 0 fully saturated rings. The minimum Gasteiger partial charge on any atom is -0.484 e. The Morgan fingerprint density at radius 3 is 2.59 bits per heavy atom. The maximum Gasteiger partial charge on any atom is 0.262 e. The lowest BCUT2D eigenvalue weighted by Gasteiger charge is -2.11. The molecule has 0 saturated heterocycles. The van der Waals surface area contributed by atoms with E-state index < -0.39 is 0 Å². The van der Waals surface area contributed by atoms with E-state index in [1.807, 2.05) is 43.3 Å². The van der Waals surface area contributed by atoms with Crippen LogP contribution >= 0.6 is 0 Å². The number of benzene rings is 2. The van der Waals surface area contributed by atoms with Crippen molar-refractivity contribution in [2.45, 2.75) is 13.3 Å². The summed E-state index contributed by atoms with van der Waals surface area (Å²) in [5.41, 5.74) is 2.22. The molecule has 0 heterocycles. The van der Waals surface area contributed by atoms with Crippen molar-refractivity contribution in [3.63, 3.8) is 0 Å². The van der Waals surface area contributed by atoms with Gasteiger partial charge in [0, 0.05) is 24.3 Å². The minimum atomic E-state index is -0.276. The molecular formula is C21H27N3O3. The van der Waals surface area contributed by atoms with Gasteiger partial charge in [0.2, 0.25) is 0 Å². The molecule has 6 nitrogen and oxygen atoms in total. The number of ether oxygens (including phenoxy) is 1. The number of aryl methyl sites for hydroxylation is 1. The largest absolute Gasteiger partial charge is 0.484 e. The molecule has 0 atom stereocenters. The Morgan fingerprint density at radius 1 is 1.07 bits per heavy atom. The second-order valence-electron chi connectivity index (χ2n) is 6.48. The zero-order chi connectivity index (χ0) is 19.6. The van der Waals surface area contributed by atoms with E-state index >= 15 is 0 Å². The third-order valence-electron chi connectivity index (χ3n) is 3.93. The van der Waals surface area contributed by atoms with Crippen LogP contribution in [0, 0.1) is 0 Å². The number of anilines is 1. The van der Waals surface area contributed by atoms with Gasteiger partial charge in [-0.05, 0) is 56.4 Å². The van der Waals surface area contributed by atoms with Gasteiger partial charge in [-0.2, -0.15) is 0 Å². The topological polar surface area (TPSA) is 70.7 Å². The standard InChI is InChI=1S/C21H27N3O3/c1-4-16-7-5-10-19(13-16)27-15-20(25)23-18-9-6-8-17(14-18)21(26)22-11-12-24(2)3/h5-10,13-14H,4,11-12,15H2,1-3H3,(H,22,26)(H,23,25). The zero-order valence-electron chi connectivity index (χ0n) is 16.1. The van der Waals surface area contributed by atoms with Crippen LogP contribution in [0.15, 0.2) is 48.5 Å². The Bertz CT molecular complexity index is 775. The van der Waals surface area contributed by atoms with Gasteiger partial charge < -0.3 is 20.3 Å². The van der Waals surface area contributed by atoms with Gasteiger partial charge in [-0.1, -0.05) is 25.1 Å². The van der Waals surface area contributed by atoms with Crippen molar-refractivity contribution in [1.29, 1.82) is 0 Å². The number of carbonyl (C=O) groups is 2. The fourth-order valence-electron chi connectivity index (χ4n) is 2.43. The fourth-order valence-corrected chi connectivity index (χ4v) is 2.43. The van der Waals surface area contributed by atoms with E-state index in [9.17, 15) is 9.59 Å². The molecule has 6 heteroatoms. The van der Waals surface area contributed by atoms with Crippen LogP contribution in [0.5, 0.6) is 5.75 Å². The molecule has 0 aliphatic rings. The predicted octanol–water partition coefficient (Wildman–Crippen LogP) is 2.56. The van der Waals surface area contributed by atoms with Gasteiger partial charge >= 0.3 is 0 Å². The van der Waals surface area contributed by atoms with Gasteiger partial charge in [0.25, 0.3) is 11.8 Å². The highest BCUT2D eigenvalue weighted by Gasteiger charge is 2.08. The summed E-state index contributed by atoms with van der Waals surface area (Å²) in [4.78, 5) is 26.3. The van der Waals surface area contributed by atoms with Crippen LogP contribution < -0.4 is 15.4 Å². The molecule has 0 aliphatic carbocycles. The summed E-state index contributed by atoms with van der Waals surface area (Å²) in [5, 5.41) is 5.61. The Hall–Kier alpha value is -2.86. The van der Waals surface area contributed by atoms with E-state index in [2.05, 4.69) is 17.6 Å². The number of rotatable bonds is 9. The van der Waals surface area contributed by atoms with E-state index in [0.717, 1.165) is 18.5 Å². The van der Waals surface area contributed by atoms with Crippen molar-refractivity contribution >= 4 is 17.5 Å². The first-order chi connectivity index (χ1) is 13.0. The Kier molecular flexibility index (Phi) is 7.82. The van der Waals surface area contributed by atoms with E-state index in [4.69, 9.17) is 4.74 Å². The van der Waals surface area contributed by atoms with E-state index in [-0.39, 0.29) is 18.4 Å². The highest BCUT2D eigenvalue weighted by Crippen LogP contribution is 2.14. The smallest absolute Gasteiger partial charge is 0.262 e. The van der Waals surface area contributed by atoms with Crippen molar-refractivity contribution in [1.82, 2.24) is 10.2 Å². The molecule has 2 N–H and O–H groups in total. The van der Waals surface area contributed by atoms with Crippen molar-refractivity contribution in [2.24, 2.45) is 0 Å². The van der Waals surface area contributed by atoms with Gasteiger partial charge in [-0.15, -0.1) is 0 Å². The van der Waals surface area contributed by atoms with E-state index in [1.165, 1.54) is 0 Å². The third kappa shape index (κ3) is 7.11. The normalized spacial score (nSPS) is 10.5. The monoisotopic (exact) mass is 369 g/mol. The first-order valence-corrected chi connectivity index (χ1v) is 9.02. The molecule has 144 valence electrons. The second kappa shape index (κ2) is 10.3. The number of amides is 2. The molecule has 0 aromatic heterocycles. The number of nitrogens with zero attached hydrogens (tertiary/aromatic N) is 1. The van der Waals surface area contributed by atoms with Gasteiger partial charge in [0.15, 0.2) is 6.61 Å². The average Bonchev–Trinajstić information content (AvgIpc) is 2.66. The fraction of sp³-hybridized carbons (Fsp3) is 0.333. The number of hydrogen-bond acceptors (Lipinski definition) is 4. The average molecular weight is 369 g/mol. The summed E-state index contributed by atoms with van der Waals surface area (Å²) < 4.78 is 5.54. The molecule has 2 amide bonds. The number of nitrogens with one attached hydrogen (secondary N) is 2. The van der Waals surface area contributed by atoms with Crippen LogP contribution in [0.2, 0.25) is 0 Å². The molecule has 2 aromatic rings. The van der Waals surface area contributed by atoms with Gasteiger partial charge in [0.05, 0.1) is 0 Å². The lowest BCUT2D eigenvalue weighted by Crippen LogP contribution is -2.31. The van der Waals surface area contributed by atoms with Crippen molar-refractivity contribution in [3.05, 3.63) is 59.7 Å². The molecule has 0 bridgehead atoms. The molecule has 0 aliphatic heterocycles. The van der Waals surface area contributed by atoms with Crippen LogP contribution in [0.4, 0.5) is 5.69 Å². The van der Waals surface area contributed by atoms with Gasteiger partial charge in [-0.25, -0.2) is 0 Å². The van der Waals surface area contributed by atoms with E-state index in [0.29, 0.717) is 23.5 Å². The van der Waals surface area contributed by atoms with Crippen LogP contribution in [0.25, 0.3) is 0 Å². The van der Waals surface area contributed by atoms with Gasteiger partial charge in [-0.3, -0.25) is 9.59 Å². The number of likely N-dealkylation sites (N-methyl/N-ethyl adjacent to an activating group) is 1. The Labute approximate surface area is 160 Å². The quantitative estimate of drug-likeness (QED) is 0.713. The van der Waals surface area contributed by atoms with Crippen LogP contribution in [0.1, 0.15) is 22.8 Å². The first-order valence-electron chi connectivity index (χ1n) is 9.02. The molecular weight excluding hydrogens is 342 g/mol. The maximum absolute atomic E-state index is 12.2. The van der Waals surface area contributed by atoms with Gasteiger partial charge in [0.1, 0.15) is 5.75 Å². The molecule has 0 radical (unpaired) electrons. The number of hydrogen-bond donors (Lipinski definition) is 2. The zero-order valence-corrected chi connectivity index (χ0v) is 16.1. The lowest BCUT2D eigenvalue weighted by molar-refractivity contribution is -0.118. The number of carbonyl (C=O) groups excluding carboxylic acids is 2. The molecule has 0 unspecified atom stereocenters. The Balaban J connectivity index is 1.87. The molecule has 2 aromatic carbocycles. The minimum absolute atomic E-state index is 0.0908. The van der Waals surface area contributed by atoms with Crippen molar-refractivity contribution in [3.8, 4) is 5.75 Å². The molecule has 0 saturated carbocycles. The highest BCUT2D eigenvalue weighted by atomic mass is 16.5. The predicted molar refractivity (Wildman–Crippen MR) is 107 cm³/mol.